The van der Waals surface area contributed by atoms with E-state index in [0.717, 1.165) is 0 Å². The van der Waals surface area contributed by atoms with Crippen LogP contribution < -0.4 is 10.2 Å². The Bertz CT molecular complexity index is 1430. The Balaban J connectivity index is 1.82. The fraction of sp³-hybridized carbons (Fsp3) is 0.130. The first kappa shape index (κ1) is 18.8. The van der Waals surface area contributed by atoms with E-state index in [0.29, 0.717) is 22.6 Å². The average molecular weight is 420 g/mol. The SMILES string of the molecule is Cc1ccc([C@@H]2CC(=O)Oc3cc(O)c4c(=O)cc(-c5ccc(O)c(O)c5)oc4c32)o1. The van der Waals surface area contributed by atoms with Crippen LogP contribution in [0, 0.1) is 6.92 Å². The van der Waals surface area contributed by atoms with Gasteiger partial charge in [0.25, 0.3) is 0 Å². The molecular formula is C23H16O8. The Kier molecular flexibility index (Phi) is 4.04. The third-order valence-corrected chi connectivity index (χ3v) is 5.29. The maximum absolute atomic E-state index is 12.9. The Morgan fingerprint density at radius 3 is 2.42 bits per heavy atom. The molecule has 1 atom stereocenters. The normalized spacial score (nSPS) is 15.6. The monoisotopic (exact) mass is 420 g/mol. The van der Waals surface area contributed by atoms with Crippen LogP contribution in [0.25, 0.3) is 22.3 Å². The molecule has 8 heteroatoms. The molecule has 31 heavy (non-hydrogen) atoms. The third kappa shape index (κ3) is 3.00. The Morgan fingerprint density at radius 1 is 0.903 bits per heavy atom. The van der Waals surface area contributed by atoms with Crippen molar-refractivity contribution in [3.8, 4) is 34.3 Å². The van der Waals surface area contributed by atoms with Gasteiger partial charge in [-0.25, -0.2) is 0 Å². The summed E-state index contributed by atoms with van der Waals surface area (Å²) in [5.74, 6) is -0.837. The molecule has 1 aliphatic heterocycles. The minimum Gasteiger partial charge on any atom is -0.507 e. The van der Waals surface area contributed by atoms with Crippen LogP contribution >= 0.6 is 0 Å². The zero-order chi connectivity index (χ0) is 21.9. The average Bonchev–Trinajstić information content (AvgIpc) is 3.15. The van der Waals surface area contributed by atoms with Gasteiger partial charge in [-0.1, -0.05) is 0 Å². The summed E-state index contributed by atoms with van der Waals surface area (Å²) in [7, 11) is 0. The van der Waals surface area contributed by atoms with Crippen LogP contribution in [0.15, 0.2) is 56.1 Å². The maximum Gasteiger partial charge on any atom is 0.312 e. The molecule has 0 saturated heterocycles. The number of fused-ring (bicyclic) bond motifs is 3. The molecule has 1 aliphatic rings. The highest BCUT2D eigenvalue weighted by atomic mass is 16.5. The van der Waals surface area contributed by atoms with Crippen molar-refractivity contribution in [2.24, 2.45) is 0 Å². The zero-order valence-corrected chi connectivity index (χ0v) is 16.2. The number of ether oxygens (including phenoxy) is 1. The lowest BCUT2D eigenvalue weighted by molar-refractivity contribution is -0.135. The predicted octanol–water partition coefficient (Wildman–Crippen LogP) is 3.92. The van der Waals surface area contributed by atoms with Gasteiger partial charge in [0.05, 0.1) is 12.3 Å². The van der Waals surface area contributed by atoms with E-state index in [2.05, 4.69) is 0 Å². The van der Waals surface area contributed by atoms with E-state index in [4.69, 9.17) is 13.6 Å². The number of hydrogen-bond donors (Lipinski definition) is 3. The van der Waals surface area contributed by atoms with Gasteiger partial charge in [-0.3, -0.25) is 9.59 Å². The third-order valence-electron chi connectivity index (χ3n) is 5.29. The van der Waals surface area contributed by atoms with Gasteiger partial charge >= 0.3 is 5.97 Å². The van der Waals surface area contributed by atoms with Gasteiger partial charge in [-0.15, -0.1) is 0 Å². The van der Waals surface area contributed by atoms with Crippen molar-refractivity contribution in [1.82, 2.24) is 0 Å². The van der Waals surface area contributed by atoms with Crippen molar-refractivity contribution in [1.29, 1.82) is 0 Å². The predicted molar refractivity (Wildman–Crippen MR) is 108 cm³/mol. The van der Waals surface area contributed by atoms with Crippen LogP contribution in [0.5, 0.6) is 23.0 Å². The molecule has 0 unspecified atom stereocenters. The molecule has 0 fully saturated rings. The Morgan fingerprint density at radius 2 is 1.71 bits per heavy atom. The lowest BCUT2D eigenvalue weighted by Crippen LogP contribution is -2.21. The molecule has 2 aromatic heterocycles. The number of aromatic hydroxyl groups is 3. The van der Waals surface area contributed by atoms with Crippen molar-refractivity contribution in [2.75, 3.05) is 0 Å². The molecule has 8 nitrogen and oxygen atoms in total. The van der Waals surface area contributed by atoms with Gasteiger partial charge in [-0.2, -0.15) is 0 Å². The topological polar surface area (TPSA) is 130 Å². The number of furan rings is 1. The number of esters is 1. The van der Waals surface area contributed by atoms with Crippen LogP contribution in [0.1, 0.15) is 29.4 Å². The van der Waals surface area contributed by atoms with Crippen molar-refractivity contribution in [3.05, 3.63) is 69.8 Å². The summed E-state index contributed by atoms with van der Waals surface area (Å²) in [6.07, 6.45) is -0.0340. The number of carbonyl (C=O) groups excluding carboxylic acids is 1. The van der Waals surface area contributed by atoms with Crippen LogP contribution in [0.2, 0.25) is 0 Å². The van der Waals surface area contributed by atoms with Crippen molar-refractivity contribution < 1.29 is 33.7 Å². The van der Waals surface area contributed by atoms with E-state index in [-0.39, 0.29) is 46.1 Å². The number of phenolic OH excluding ortho intramolecular Hbond substituents is 3. The molecule has 3 N–H and O–H groups in total. The van der Waals surface area contributed by atoms with E-state index in [9.17, 15) is 24.9 Å². The highest BCUT2D eigenvalue weighted by Crippen LogP contribution is 2.46. The van der Waals surface area contributed by atoms with Crippen LogP contribution in [-0.4, -0.2) is 21.3 Å². The van der Waals surface area contributed by atoms with Crippen LogP contribution in [0.4, 0.5) is 0 Å². The molecular weight excluding hydrogens is 404 g/mol. The Hall–Kier alpha value is -4.20. The van der Waals surface area contributed by atoms with E-state index in [1.54, 1.807) is 19.1 Å². The summed E-state index contributed by atoms with van der Waals surface area (Å²) in [5, 5.41) is 29.8. The summed E-state index contributed by atoms with van der Waals surface area (Å²) in [4.78, 5) is 25.1. The van der Waals surface area contributed by atoms with Crippen LogP contribution in [-0.2, 0) is 4.79 Å². The molecule has 0 aliphatic carbocycles. The molecule has 0 radical (unpaired) electrons. The fourth-order valence-corrected chi connectivity index (χ4v) is 3.86. The van der Waals surface area contributed by atoms with Gasteiger partial charge in [0.2, 0.25) is 0 Å². The molecule has 5 rings (SSSR count). The molecule has 3 heterocycles. The van der Waals surface area contributed by atoms with Crippen molar-refractivity contribution >= 4 is 16.9 Å². The van der Waals surface area contributed by atoms with E-state index >= 15 is 0 Å². The second kappa shape index (κ2) is 6.66. The molecule has 0 amide bonds. The quantitative estimate of drug-likeness (QED) is 0.253. The van der Waals surface area contributed by atoms with E-state index in [1.807, 2.05) is 0 Å². The molecule has 156 valence electrons. The van der Waals surface area contributed by atoms with Crippen molar-refractivity contribution in [2.45, 2.75) is 19.3 Å². The largest absolute Gasteiger partial charge is 0.507 e. The van der Waals surface area contributed by atoms with Gasteiger partial charge in [-0.05, 0) is 37.3 Å². The lowest BCUT2D eigenvalue weighted by Gasteiger charge is -2.24. The lowest BCUT2D eigenvalue weighted by atomic mass is 9.88. The van der Waals surface area contributed by atoms with E-state index in [1.165, 1.54) is 30.3 Å². The van der Waals surface area contributed by atoms with E-state index < -0.39 is 17.3 Å². The highest BCUT2D eigenvalue weighted by Gasteiger charge is 2.35. The number of phenols is 3. The van der Waals surface area contributed by atoms with Gasteiger partial charge in [0.15, 0.2) is 16.9 Å². The molecule has 2 aromatic carbocycles. The molecule has 4 aromatic rings. The molecule has 0 bridgehead atoms. The Labute approximate surface area is 174 Å². The van der Waals surface area contributed by atoms with Crippen LogP contribution in [0.3, 0.4) is 0 Å². The van der Waals surface area contributed by atoms with Crippen molar-refractivity contribution in [3.63, 3.8) is 0 Å². The summed E-state index contributed by atoms with van der Waals surface area (Å²) in [5.41, 5.74) is 0.278. The standard InChI is InChI=1S/C23H16O8/c1-10-2-5-17(29-10)12-7-20(28)30-19-9-16(27)22-15(26)8-18(31-23(22)21(12)19)11-3-4-13(24)14(25)6-11/h2-6,8-9,12,24-25,27H,7H2,1H3/t12-/m0/s1. The summed E-state index contributed by atoms with van der Waals surface area (Å²) in [6.45, 7) is 1.77. The molecule has 0 spiro atoms. The first-order valence-corrected chi connectivity index (χ1v) is 9.45. The molecule has 0 saturated carbocycles. The first-order chi connectivity index (χ1) is 14.8. The number of rotatable bonds is 2. The summed E-state index contributed by atoms with van der Waals surface area (Å²) < 4.78 is 17.1. The smallest absolute Gasteiger partial charge is 0.312 e. The number of carbonyl (C=O) groups is 1. The van der Waals surface area contributed by atoms with Gasteiger partial charge in [0, 0.05) is 23.3 Å². The zero-order valence-electron chi connectivity index (χ0n) is 16.2. The first-order valence-electron chi connectivity index (χ1n) is 9.45. The number of benzene rings is 2. The van der Waals surface area contributed by atoms with Gasteiger partial charge < -0.3 is 28.9 Å². The maximum atomic E-state index is 12.9. The summed E-state index contributed by atoms with van der Waals surface area (Å²) >= 11 is 0. The second-order valence-corrected chi connectivity index (χ2v) is 7.37. The number of aryl methyl sites for hydroxylation is 1. The minimum absolute atomic E-state index is 0.0340. The summed E-state index contributed by atoms with van der Waals surface area (Å²) in [6, 6.07) is 9.90. The highest BCUT2D eigenvalue weighted by molar-refractivity contribution is 5.93. The number of hydrogen-bond acceptors (Lipinski definition) is 8. The second-order valence-electron chi connectivity index (χ2n) is 7.37. The fourth-order valence-electron chi connectivity index (χ4n) is 3.86. The van der Waals surface area contributed by atoms with Gasteiger partial charge in [0.1, 0.15) is 39.7 Å². The minimum atomic E-state index is -0.584.